The van der Waals surface area contributed by atoms with Gasteiger partial charge in [0.2, 0.25) is 0 Å². The van der Waals surface area contributed by atoms with E-state index in [9.17, 15) is 0 Å². The summed E-state index contributed by atoms with van der Waals surface area (Å²) in [5.74, 6) is 0.911. The molecule has 2 N–H and O–H groups in total. The Balaban J connectivity index is 2.10. The standard InChI is InChI=1S/C16H18BrNO/c1-11-7-12(2)16(15(17)8-11)19-10-14-5-3-13(9-18)4-6-14/h3-8H,9-10,18H2,1-2H3. The zero-order valence-corrected chi connectivity index (χ0v) is 12.8. The van der Waals surface area contributed by atoms with Crippen molar-refractivity contribution >= 4 is 15.9 Å². The van der Waals surface area contributed by atoms with Crippen LogP contribution in [0.4, 0.5) is 0 Å². The van der Waals surface area contributed by atoms with Gasteiger partial charge >= 0.3 is 0 Å². The van der Waals surface area contributed by atoms with Crippen LogP contribution in [0.25, 0.3) is 0 Å². The molecule has 0 bridgehead atoms. The lowest BCUT2D eigenvalue weighted by Gasteiger charge is -2.12. The Morgan fingerprint density at radius 3 is 2.26 bits per heavy atom. The average Bonchev–Trinajstić information content (AvgIpc) is 2.38. The summed E-state index contributed by atoms with van der Waals surface area (Å²) in [6, 6.07) is 12.4. The second-order valence-corrected chi connectivity index (χ2v) is 5.56. The highest BCUT2D eigenvalue weighted by molar-refractivity contribution is 9.10. The van der Waals surface area contributed by atoms with E-state index >= 15 is 0 Å². The zero-order chi connectivity index (χ0) is 13.8. The van der Waals surface area contributed by atoms with E-state index in [1.807, 2.05) is 12.1 Å². The predicted molar refractivity (Wildman–Crippen MR) is 82.3 cm³/mol. The minimum atomic E-state index is 0.563. The van der Waals surface area contributed by atoms with Gasteiger partial charge in [-0.15, -0.1) is 0 Å². The molecule has 0 spiro atoms. The molecule has 0 radical (unpaired) electrons. The first-order valence-electron chi connectivity index (χ1n) is 6.27. The number of hydrogen-bond acceptors (Lipinski definition) is 2. The first-order valence-corrected chi connectivity index (χ1v) is 7.07. The quantitative estimate of drug-likeness (QED) is 0.920. The third kappa shape index (κ3) is 3.58. The van der Waals surface area contributed by atoms with Gasteiger partial charge in [0.15, 0.2) is 0 Å². The molecule has 2 nitrogen and oxygen atoms in total. The van der Waals surface area contributed by atoms with Gasteiger partial charge in [-0.25, -0.2) is 0 Å². The summed E-state index contributed by atoms with van der Waals surface area (Å²) >= 11 is 3.55. The molecular weight excluding hydrogens is 302 g/mol. The second-order valence-electron chi connectivity index (χ2n) is 4.70. The summed E-state index contributed by atoms with van der Waals surface area (Å²) in [7, 11) is 0. The zero-order valence-electron chi connectivity index (χ0n) is 11.2. The van der Waals surface area contributed by atoms with Gasteiger partial charge in [0.1, 0.15) is 12.4 Å². The fourth-order valence-corrected chi connectivity index (χ4v) is 2.80. The van der Waals surface area contributed by atoms with Crippen molar-refractivity contribution in [3.63, 3.8) is 0 Å². The monoisotopic (exact) mass is 319 g/mol. The van der Waals surface area contributed by atoms with Gasteiger partial charge in [0.25, 0.3) is 0 Å². The summed E-state index contributed by atoms with van der Waals surface area (Å²) < 4.78 is 6.91. The maximum absolute atomic E-state index is 5.90. The van der Waals surface area contributed by atoms with Gasteiger partial charge in [-0.2, -0.15) is 0 Å². The van der Waals surface area contributed by atoms with Crippen molar-refractivity contribution in [1.29, 1.82) is 0 Å². The van der Waals surface area contributed by atoms with E-state index in [0.29, 0.717) is 13.2 Å². The lowest BCUT2D eigenvalue weighted by atomic mass is 10.1. The van der Waals surface area contributed by atoms with Crippen molar-refractivity contribution < 1.29 is 4.74 Å². The van der Waals surface area contributed by atoms with Gasteiger partial charge < -0.3 is 10.5 Å². The molecule has 0 saturated heterocycles. The molecule has 2 aromatic rings. The molecule has 19 heavy (non-hydrogen) atoms. The van der Waals surface area contributed by atoms with E-state index in [2.05, 4.69) is 54.0 Å². The average molecular weight is 320 g/mol. The van der Waals surface area contributed by atoms with Crippen LogP contribution in [0.15, 0.2) is 40.9 Å². The van der Waals surface area contributed by atoms with E-state index in [1.165, 1.54) is 5.56 Å². The minimum Gasteiger partial charge on any atom is -0.487 e. The van der Waals surface area contributed by atoms with Crippen LogP contribution in [-0.2, 0) is 13.2 Å². The Kier molecular flexibility index (Phi) is 4.61. The van der Waals surface area contributed by atoms with E-state index < -0.39 is 0 Å². The van der Waals surface area contributed by atoms with Crippen LogP contribution in [0.2, 0.25) is 0 Å². The van der Waals surface area contributed by atoms with Crippen LogP contribution in [0.1, 0.15) is 22.3 Å². The third-order valence-corrected chi connectivity index (χ3v) is 3.60. The number of rotatable bonds is 4. The van der Waals surface area contributed by atoms with Gasteiger partial charge in [-0.3, -0.25) is 0 Å². The molecule has 100 valence electrons. The second kappa shape index (κ2) is 6.22. The Morgan fingerprint density at radius 1 is 1.05 bits per heavy atom. The van der Waals surface area contributed by atoms with Crippen molar-refractivity contribution in [2.24, 2.45) is 5.73 Å². The largest absolute Gasteiger partial charge is 0.487 e. The first kappa shape index (κ1) is 14.1. The molecule has 0 aromatic heterocycles. The smallest absolute Gasteiger partial charge is 0.136 e. The van der Waals surface area contributed by atoms with Gasteiger partial charge in [-0.05, 0) is 58.1 Å². The van der Waals surface area contributed by atoms with E-state index in [4.69, 9.17) is 10.5 Å². The molecule has 0 fully saturated rings. The van der Waals surface area contributed by atoms with Crippen LogP contribution in [-0.4, -0.2) is 0 Å². The van der Waals surface area contributed by atoms with E-state index in [-0.39, 0.29) is 0 Å². The highest BCUT2D eigenvalue weighted by Crippen LogP contribution is 2.30. The SMILES string of the molecule is Cc1cc(C)c(OCc2ccc(CN)cc2)c(Br)c1. The fraction of sp³-hybridized carbons (Fsp3) is 0.250. The molecule has 0 aliphatic rings. The summed E-state index contributed by atoms with van der Waals surface area (Å²) in [6.07, 6.45) is 0. The number of aryl methyl sites for hydroxylation is 2. The van der Waals surface area contributed by atoms with Crippen molar-refractivity contribution in [3.8, 4) is 5.75 Å². The van der Waals surface area contributed by atoms with Crippen LogP contribution in [0.3, 0.4) is 0 Å². The molecule has 2 aromatic carbocycles. The fourth-order valence-electron chi connectivity index (χ4n) is 2.01. The number of ether oxygens (including phenoxy) is 1. The van der Waals surface area contributed by atoms with Crippen LogP contribution >= 0.6 is 15.9 Å². The molecule has 3 heteroatoms. The Labute approximate surface area is 122 Å². The predicted octanol–water partition coefficient (Wildman–Crippen LogP) is 4.10. The van der Waals surface area contributed by atoms with Gasteiger partial charge in [-0.1, -0.05) is 30.3 Å². The van der Waals surface area contributed by atoms with Gasteiger partial charge in [0.05, 0.1) is 4.47 Å². The first-order chi connectivity index (χ1) is 9.10. The normalized spacial score (nSPS) is 10.5. The molecular formula is C16H18BrNO. The maximum Gasteiger partial charge on any atom is 0.136 e. The lowest BCUT2D eigenvalue weighted by Crippen LogP contribution is -2.00. The Hall–Kier alpha value is -1.32. The third-order valence-electron chi connectivity index (χ3n) is 3.02. The highest BCUT2D eigenvalue weighted by Gasteiger charge is 2.06. The van der Waals surface area contributed by atoms with Crippen LogP contribution in [0.5, 0.6) is 5.75 Å². The Morgan fingerprint density at radius 2 is 1.68 bits per heavy atom. The van der Waals surface area contributed by atoms with Crippen LogP contribution in [0, 0.1) is 13.8 Å². The summed E-state index contributed by atoms with van der Waals surface area (Å²) in [5.41, 5.74) is 10.2. The van der Waals surface area contributed by atoms with Crippen molar-refractivity contribution in [1.82, 2.24) is 0 Å². The topological polar surface area (TPSA) is 35.2 Å². The molecule has 2 rings (SSSR count). The number of halogens is 1. The number of benzene rings is 2. The number of nitrogens with two attached hydrogens (primary N) is 1. The van der Waals surface area contributed by atoms with Crippen molar-refractivity contribution in [2.75, 3.05) is 0 Å². The maximum atomic E-state index is 5.90. The number of hydrogen-bond donors (Lipinski definition) is 1. The van der Waals surface area contributed by atoms with E-state index in [0.717, 1.165) is 26.9 Å². The lowest BCUT2D eigenvalue weighted by molar-refractivity contribution is 0.302. The van der Waals surface area contributed by atoms with Crippen LogP contribution < -0.4 is 10.5 Å². The summed E-state index contributed by atoms with van der Waals surface area (Å²) in [5, 5.41) is 0. The summed E-state index contributed by atoms with van der Waals surface area (Å²) in [6.45, 7) is 5.27. The molecule has 0 amide bonds. The molecule has 0 heterocycles. The van der Waals surface area contributed by atoms with E-state index in [1.54, 1.807) is 0 Å². The molecule has 0 unspecified atom stereocenters. The van der Waals surface area contributed by atoms with Gasteiger partial charge in [0, 0.05) is 6.54 Å². The van der Waals surface area contributed by atoms with Crippen molar-refractivity contribution in [3.05, 3.63) is 63.1 Å². The minimum absolute atomic E-state index is 0.563. The molecule has 0 aliphatic carbocycles. The Bertz CT molecular complexity index is 540. The summed E-state index contributed by atoms with van der Waals surface area (Å²) in [4.78, 5) is 0. The molecule has 0 saturated carbocycles. The molecule has 0 atom stereocenters. The van der Waals surface area contributed by atoms with Crippen molar-refractivity contribution in [2.45, 2.75) is 27.0 Å². The highest BCUT2D eigenvalue weighted by atomic mass is 79.9. The molecule has 0 aliphatic heterocycles.